The van der Waals surface area contributed by atoms with Gasteiger partial charge in [-0.2, -0.15) is 0 Å². The highest BCUT2D eigenvalue weighted by atomic mass is 127. The minimum absolute atomic E-state index is 0. The summed E-state index contributed by atoms with van der Waals surface area (Å²) in [6, 6.07) is 8.34. The van der Waals surface area contributed by atoms with Crippen LogP contribution < -0.4 is 10.6 Å². The van der Waals surface area contributed by atoms with E-state index < -0.39 is 9.84 Å². The molecule has 1 unspecified atom stereocenters. The Morgan fingerprint density at radius 2 is 2.00 bits per heavy atom. The number of nitrogens with zero attached hydrogens (tertiary/aromatic N) is 1. The van der Waals surface area contributed by atoms with E-state index in [1.54, 1.807) is 7.05 Å². The summed E-state index contributed by atoms with van der Waals surface area (Å²) in [4.78, 5) is 7.62. The fraction of sp³-hybridized carbons (Fsp3) is 0.500. The maximum Gasteiger partial charge on any atom is 0.191 e. The van der Waals surface area contributed by atoms with E-state index in [-0.39, 0.29) is 35.8 Å². The van der Waals surface area contributed by atoms with Crippen molar-refractivity contribution in [3.8, 4) is 0 Å². The number of para-hydroxylation sites is 1. The molecule has 0 amide bonds. The van der Waals surface area contributed by atoms with Crippen LogP contribution >= 0.6 is 24.0 Å². The molecule has 0 saturated heterocycles. The number of rotatable bonds is 7. The van der Waals surface area contributed by atoms with Crippen LogP contribution in [0.2, 0.25) is 0 Å². The fourth-order valence-corrected chi connectivity index (χ4v) is 3.64. The van der Waals surface area contributed by atoms with Gasteiger partial charge in [-0.25, -0.2) is 8.42 Å². The highest BCUT2D eigenvalue weighted by Gasteiger charge is 2.11. The van der Waals surface area contributed by atoms with Crippen molar-refractivity contribution in [2.45, 2.75) is 32.7 Å². The number of aromatic nitrogens is 1. The normalized spacial score (nSPS) is 13.3. The van der Waals surface area contributed by atoms with E-state index in [2.05, 4.69) is 45.7 Å². The molecule has 8 heteroatoms. The van der Waals surface area contributed by atoms with E-state index in [0.29, 0.717) is 12.4 Å². The SMILES string of the molecule is CN=C(NCCc1c(C)[nH]c2ccccc12)NC(C)CCS(C)(=O)=O.I. The van der Waals surface area contributed by atoms with E-state index >= 15 is 0 Å². The number of aliphatic imine (C=N–C) groups is 1. The predicted molar refractivity (Wildman–Crippen MR) is 120 cm³/mol. The van der Waals surface area contributed by atoms with E-state index in [9.17, 15) is 8.42 Å². The summed E-state index contributed by atoms with van der Waals surface area (Å²) in [5.41, 5.74) is 3.66. The second-order valence-corrected chi connectivity index (χ2v) is 8.75. The zero-order valence-electron chi connectivity index (χ0n) is 15.8. The molecule has 0 saturated carbocycles. The quantitative estimate of drug-likeness (QED) is 0.315. The van der Waals surface area contributed by atoms with Crippen LogP contribution in [0.4, 0.5) is 0 Å². The first-order valence-corrected chi connectivity index (χ1v) is 10.6. The molecule has 1 aromatic heterocycles. The standard InChI is InChI=1S/C18H28N4O2S.HI/c1-13(10-12-25(4,23)24)21-18(19-3)20-11-9-15-14(2)22-17-8-6-5-7-16(15)17;/h5-8,13,22H,9-12H2,1-4H3,(H2,19,20,21);1H. The molecule has 0 aliphatic rings. The van der Waals surface area contributed by atoms with Gasteiger partial charge in [-0.3, -0.25) is 4.99 Å². The van der Waals surface area contributed by atoms with Crippen LogP contribution in [0.5, 0.6) is 0 Å². The first-order chi connectivity index (χ1) is 11.8. The van der Waals surface area contributed by atoms with Gasteiger partial charge < -0.3 is 15.6 Å². The highest BCUT2D eigenvalue weighted by molar-refractivity contribution is 14.0. The monoisotopic (exact) mass is 492 g/mol. The molecule has 1 atom stereocenters. The Labute approximate surface area is 173 Å². The molecular weight excluding hydrogens is 463 g/mol. The molecular formula is C18H29IN4O2S. The van der Waals surface area contributed by atoms with Gasteiger partial charge in [0.2, 0.25) is 0 Å². The molecule has 0 spiro atoms. The Morgan fingerprint density at radius 3 is 2.65 bits per heavy atom. The zero-order valence-corrected chi connectivity index (χ0v) is 18.9. The molecule has 2 rings (SSSR count). The molecule has 0 radical (unpaired) electrons. The number of aromatic amines is 1. The first kappa shape index (κ1) is 22.8. The molecule has 0 fully saturated rings. The van der Waals surface area contributed by atoms with Crippen LogP contribution in [-0.2, 0) is 16.3 Å². The van der Waals surface area contributed by atoms with Crippen LogP contribution in [0.25, 0.3) is 10.9 Å². The van der Waals surface area contributed by atoms with Crippen LogP contribution in [0.1, 0.15) is 24.6 Å². The average Bonchev–Trinajstić information content (AvgIpc) is 2.87. The van der Waals surface area contributed by atoms with Crippen LogP contribution in [-0.4, -0.2) is 51.0 Å². The number of benzene rings is 1. The number of nitrogens with one attached hydrogen (secondary N) is 3. The van der Waals surface area contributed by atoms with E-state index in [1.807, 2.05) is 13.0 Å². The van der Waals surface area contributed by atoms with Crippen LogP contribution in [0.15, 0.2) is 29.3 Å². The smallest absolute Gasteiger partial charge is 0.191 e. The predicted octanol–water partition coefficient (Wildman–Crippen LogP) is 2.63. The largest absolute Gasteiger partial charge is 0.358 e. The lowest BCUT2D eigenvalue weighted by Gasteiger charge is -2.17. The molecule has 1 aromatic carbocycles. The lowest BCUT2D eigenvalue weighted by molar-refractivity contribution is 0.581. The van der Waals surface area contributed by atoms with Gasteiger partial charge in [-0.1, -0.05) is 18.2 Å². The molecule has 0 bridgehead atoms. The minimum atomic E-state index is -2.94. The summed E-state index contributed by atoms with van der Waals surface area (Å²) in [6.07, 6.45) is 2.70. The van der Waals surface area contributed by atoms with Crippen molar-refractivity contribution >= 4 is 50.7 Å². The number of H-pyrrole nitrogens is 1. The fourth-order valence-electron chi connectivity index (χ4n) is 2.85. The van der Waals surface area contributed by atoms with Gasteiger partial charge in [0, 0.05) is 42.5 Å². The van der Waals surface area contributed by atoms with Gasteiger partial charge in [-0.05, 0) is 38.3 Å². The number of guanidine groups is 1. The molecule has 2 aromatic rings. The van der Waals surface area contributed by atoms with Crippen LogP contribution in [0, 0.1) is 6.92 Å². The van der Waals surface area contributed by atoms with Crippen molar-refractivity contribution in [2.24, 2.45) is 4.99 Å². The van der Waals surface area contributed by atoms with Gasteiger partial charge in [0.25, 0.3) is 0 Å². The number of halogens is 1. The summed E-state index contributed by atoms with van der Waals surface area (Å²) in [5.74, 6) is 0.866. The summed E-state index contributed by atoms with van der Waals surface area (Å²) >= 11 is 0. The van der Waals surface area contributed by atoms with Gasteiger partial charge in [0.05, 0.1) is 5.75 Å². The second-order valence-electron chi connectivity index (χ2n) is 6.49. The van der Waals surface area contributed by atoms with Crippen molar-refractivity contribution < 1.29 is 8.42 Å². The number of aryl methyl sites for hydroxylation is 1. The zero-order chi connectivity index (χ0) is 18.4. The number of hydrogen-bond donors (Lipinski definition) is 3. The topological polar surface area (TPSA) is 86.3 Å². The molecule has 6 nitrogen and oxygen atoms in total. The van der Waals surface area contributed by atoms with Gasteiger partial charge in [-0.15, -0.1) is 24.0 Å². The molecule has 0 aliphatic carbocycles. The maximum atomic E-state index is 11.3. The molecule has 146 valence electrons. The summed E-state index contributed by atoms with van der Waals surface area (Å²) in [7, 11) is -1.22. The third-order valence-corrected chi connectivity index (χ3v) is 5.20. The number of sulfone groups is 1. The maximum absolute atomic E-state index is 11.3. The summed E-state index contributed by atoms with van der Waals surface area (Å²) < 4.78 is 22.5. The lowest BCUT2D eigenvalue weighted by atomic mass is 10.1. The van der Waals surface area contributed by atoms with Crippen LogP contribution in [0.3, 0.4) is 0 Å². The lowest BCUT2D eigenvalue weighted by Crippen LogP contribution is -2.43. The Hall–Kier alpha value is -1.29. The highest BCUT2D eigenvalue weighted by Crippen LogP contribution is 2.21. The van der Waals surface area contributed by atoms with Gasteiger partial charge in [0.15, 0.2) is 5.96 Å². The average molecular weight is 492 g/mol. The van der Waals surface area contributed by atoms with E-state index in [0.717, 1.165) is 18.5 Å². The van der Waals surface area contributed by atoms with Gasteiger partial charge >= 0.3 is 0 Å². The third kappa shape index (κ3) is 6.79. The van der Waals surface area contributed by atoms with E-state index in [4.69, 9.17) is 0 Å². The minimum Gasteiger partial charge on any atom is -0.358 e. The second kappa shape index (κ2) is 10.1. The van der Waals surface area contributed by atoms with Gasteiger partial charge in [0.1, 0.15) is 9.84 Å². The van der Waals surface area contributed by atoms with Crippen molar-refractivity contribution in [1.82, 2.24) is 15.6 Å². The van der Waals surface area contributed by atoms with Crippen molar-refractivity contribution in [3.63, 3.8) is 0 Å². The van der Waals surface area contributed by atoms with E-state index in [1.165, 1.54) is 22.9 Å². The Morgan fingerprint density at radius 1 is 1.31 bits per heavy atom. The van der Waals surface area contributed by atoms with Crippen molar-refractivity contribution in [3.05, 3.63) is 35.5 Å². The molecule has 1 heterocycles. The number of hydrogen-bond acceptors (Lipinski definition) is 3. The third-order valence-electron chi connectivity index (χ3n) is 4.22. The van der Waals surface area contributed by atoms with Crippen molar-refractivity contribution in [1.29, 1.82) is 0 Å². The Bertz CT molecular complexity index is 846. The molecule has 0 aliphatic heterocycles. The molecule has 3 N–H and O–H groups in total. The summed E-state index contributed by atoms with van der Waals surface area (Å²) in [6.45, 7) is 4.80. The first-order valence-electron chi connectivity index (χ1n) is 8.51. The number of fused-ring (bicyclic) bond motifs is 1. The Balaban J connectivity index is 0.00000338. The van der Waals surface area contributed by atoms with Crippen molar-refractivity contribution in [2.75, 3.05) is 25.6 Å². The Kier molecular flexibility index (Phi) is 8.88. The molecule has 26 heavy (non-hydrogen) atoms. The summed E-state index contributed by atoms with van der Waals surface area (Å²) in [5, 5.41) is 7.80.